The quantitative estimate of drug-likeness (QED) is 0.881. The molecule has 2 aromatic rings. The first-order valence-electron chi connectivity index (χ1n) is 7.34. The predicted octanol–water partition coefficient (Wildman–Crippen LogP) is 3.19. The van der Waals surface area contributed by atoms with Gasteiger partial charge in [-0.25, -0.2) is 9.78 Å². The Labute approximate surface area is 139 Å². The number of thiazole rings is 1. The molecule has 0 spiro atoms. The van der Waals surface area contributed by atoms with Gasteiger partial charge in [0.25, 0.3) is 0 Å². The van der Waals surface area contributed by atoms with Gasteiger partial charge in [0, 0.05) is 0 Å². The number of rotatable bonds is 5. The lowest BCUT2D eigenvalue weighted by Gasteiger charge is -2.12. The first-order valence-corrected chi connectivity index (χ1v) is 8.15. The molecular weight excluding hydrogens is 312 g/mol. The van der Waals surface area contributed by atoms with Crippen LogP contribution in [0.4, 0.5) is 0 Å². The lowest BCUT2D eigenvalue weighted by atomic mass is 10.0. The Balaban J connectivity index is 2.06. The van der Waals surface area contributed by atoms with Crippen molar-refractivity contribution in [2.24, 2.45) is 0 Å². The molecule has 1 heterocycles. The van der Waals surface area contributed by atoms with Crippen molar-refractivity contribution in [3.63, 3.8) is 0 Å². The highest BCUT2D eigenvalue weighted by Crippen LogP contribution is 2.23. The van der Waals surface area contributed by atoms with E-state index in [-0.39, 0.29) is 16.8 Å². The molecule has 1 unspecified atom stereocenters. The summed E-state index contributed by atoms with van der Waals surface area (Å²) >= 11 is 1.10. The number of amides is 1. The minimum Gasteiger partial charge on any atom is -0.477 e. The van der Waals surface area contributed by atoms with Gasteiger partial charge in [0.1, 0.15) is 9.88 Å². The van der Waals surface area contributed by atoms with Crippen LogP contribution in [0.25, 0.3) is 0 Å². The first-order chi connectivity index (χ1) is 10.8. The second-order valence-electron chi connectivity index (χ2n) is 5.67. The van der Waals surface area contributed by atoms with E-state index < -0.39 is 5.97 Å². The lowest BCUT2D eigenvalue weighted by molar-refractivity contribution is -0.121. The molecule has 122 valence electrons. The van der Waals surface area contributed by atoms with E-state index in [1.807, 2.05) is 39.0 Å². The number of carboxylic acid groups (broad SMARTS) is 1. The van der Waals surface area contributed by atoms with E-state index in [1.165, 1.54) is 0 Å². The maximum absolute atomic E-state index is 12.2. The Morgan fingerprint density at radius 3 is 2.61 bits per heavy atom. The summed E-state index contributed by atoms with van der Waals surface area (Å²) in [4.78, 5) is 27.8. The third-order valence-corrected chi connectivity index (χ3v) is 4.94. The van der Waals surface area contributed by atoms with Crippen molar-refractivity contribution >= 4 is 23.2 Å². The highest BCUT2D eigenvalue weighted by Gasteiger charge is 2.19. The zero-order valence-electron chi connectivity index (χ0n) is 13.6. The van der Waals surface area contributed by atoms with Crippen LogP contribution in [0.5, 0.6) is 0 Å². The first kappa shape index (κ1) is 17.1. The average Bonchev–Trinajstić information content (AvgIpc) is 2.85. The van der Waals surface area contributed by atoms with Crippen LogP contribution in [0.3, 0.4) is 0 Å². The molecule has 1 atom stereocenters. The molecule has 2 rings (SSSR count). The molecule has 0 aliphatic heterocycles. The topological polar surface area (TPSA) is 79.3 Å². The number of nitrogens with one attached hydrogen (secondary N) is 1. The van der Waals surface area contributed by atoms with Gasteiger partial charge >= 0.3 is 5.97 Å². The summed E-state index contributed by atoms with van der Waals surface area (Å²) in [6, 6.07) is 5.72. The monoisotopic (exact) mass is 332 g/mol. The van der Waals surface area contributed by atoms with Crippen LogP contribution in [-0.4, -0.2) is 22.0 Å². The van der Waals surface area contributed by atoms with Gasteiger partial charge < -0.3 is 10.4 Å². The van der Waals surface area contributed by atoms with E-state index in [9.17, 15) is 9.59 Å². The number of aryl methyl sites for hydroxylation is 3. The van der Waals surface area contributed by atoms with Crippen LogP contribution in [0, 0.1) is 20.8 Å². The molecular formula is C17H20N2O3S. The molecule has 1 amide bonds. The third-order valence-electron chi connectivity index (χ3n) is 3.61. The second-order valence-corrected chi connectivity index (χ2v) is 6.70. The third kappa shape index (κ3) is 4.16. The molecule has 0 aliphatic carbocycles. The second kappa shape index (κ2) is 6.91. The van der Waals surface area contributed by atoms with Crippen LogP contribution < -0.4 is 5.32 Å². The Bertz CT molecular complexity index is 752. The fourth-order valence-electron chi connectivity index (χ4n) is 2.32. The number of carbonyl (C=O) groups is 2. The SMILES string of the molecule is Cc1ccc(C)c(CC(=O)NC(C)c2nc(C)c(C(=O)O)s2)c1. The lowest BCUT2D eigenvalue weighted by Crippen LogP contribution is -2.28. The summed E-state index contributed by atoms with van der Waals surface area (Å²) in [5, 5.41) is 12.6. The number of aromatic carboxylic acids is 1. The molecule has 0 saturated heterocycles. The molecule has 0 bridgehead atoms. The zero-order chi connectivity index (χ0) is 17.1. The summed E-state index contributed by atoms with van der Waals surface area (Å²) in [6.07, 6.45) is 0.300. The average molecular weight is 332 g/mol. The number of hydrogen-bond acceptors (Lipinski definition) is 4. The number of nitrogens with zero attached hydrogens (tertiary/aromatic N) is 1. The fraction of sp³-hybridized carbons (Fsp3) is 0.353. The molecule has 5 nitrogen and oxygen atoms in total. The van der Waals surface area contributed by atoms with Gasteiger partial charge in [-0.1, -0.05) is 23.8 Å². The summed E-state index contributed by atoms with van der Waals surface area (Å²) in [5.74, 6) is -1.09. The van der Waals surface area contributed by atoms with E-state index in [0.717, 1.165) is 28.0 Å². The Hall–Kier alpha value is -2.21. The Kier molecular flexibility index (Phi) is 5.15. The van der Waals surface area contributed by atoms with E-state index in [2.05, 4.69) is 10.3 Å². The summed E-state index contributed by atoms with van der Waals surface area (Å²) < 4.78 is 0. The van der Waals surface area contributed by atoms with Crippen molar-refractivity contribution in [1.82, 2.24) is 10.3 Å². The minimum atomic E-state index is -0.986. The van der Waals surface area contributed by atoms with Gasteiger partial charge in [0.15, 0.2) is 0 Å². The molecule has 0 radical (unpaired) electrons. The van der Waals surface area contributed by atoms with Crippen molar-refractivity contribution in [3.8, 4) is 0 Å². The van der Waals surface area contributed by atoms with E-state index in [4.69, 9.17) is 5.11 Å². The van der Waals surface area contributed by atoms with Crippen LogP contribution in [0.15, 0.2) is 18.2 Å². The summed E-state index contributed by atoms with van der Waals surface area (Å²) in [5.41, 5.74) is 3.68. The molecule has 1 aromatic heterocycles. The molecule has 1 aromatic carbocycles. The van der Waals surface area contributed by atoms with Crippen molar-refractivity contribution in [2.75, 3.05) is 0 Å². The molecule has 0 saturated carbocycles. The van der Waals surface area contributed by atoms with Crippen molar-refractivity contribution in [2.45, 2.75) is 40.2 Å². The Morgan fingerprint density at radius 2 is 2.00 bits per heavy atom. The maximum Gasteiger partial charge on any atom is 0.347 e. The number of hydrogen-bond donors (Lipinski definition) is 2. The fourth-order valence-corrected chi connectivity index (χ4v) is 3.23. The van der Waals surface area contributed by atoms with Gasteiger partial charge in [0.05, 0.1) is 18.2 Å². The van der Waals surface area contributed by atoms with Gasteiger partial charge in [0.2, 0.25) is 5.91 Å². The normalized spacial score (nSPS) is 12.0. The van der Waals surface area contributed by atoms with Crippen LogP contribution in [0.1, 0.15) is 50.0 Å². The summed E-state index contributed by atoms with van der Waals surface area (Å²) in [6.45, 7) is 7.45. The van der Waals surface area contributed by atoms with Crippen molar-refractivity contribution in [3.05, 3.63) is 50.5 Å². The van der Waals surface area contributed by atoms with Crippen molar-refractivity contribution in [1.29, 1.82) is 0 Å². The zero-order valence-corrected chi connectivity index (χ0v) is 14.5. The summed E-state index contributed by atoms with van der Waals surface area (Å²) in [7, 11) is 0. The molecule has 0 aliphatic rings. The Morgan fingerprint density at radius 1 is 1.30 bits per heavy atom. The largest absolute Gasteiger partial charge is 0.477 e. The minimum absolute atomic E-state index is 0.101. The molecule has 23 heavy (non-hydrogen) atoms. The number of benzene rings is 1. The standard InChI is InChI=1S/C17H20N2O3S/c1-9-5-6-10(2)13(7-9)8-14(20)18-12(4)16-19-11(3)15(23-16)17(21)22/h5-7,12H,8H2,1-4H3,(H,18,20)(H,21,22). The van der Waals surface area contributed by atoms with Gasteiger partial charge in [-0.15, -0.1) is 11.3 Å². The number of carboxylic acids is 1. The van der Waals surface area contributed by atoms with Gasteiger partial charge in [-0.2, -0.15) is 0 Å². The van der Waals surface area contributed by atoms with Crippen molar-refractivity contribution < 1.29 is 14.7 Å². The molecule has 2 N–H and O–H groups in total. The smallest absolute Gasteiger partial charge is 0.347 e. The van der Waals surface area contributed by atoms with E-state index in [0.29, 0.717) is 17.1 Å². The number of aromatic nitrogens is 1. The van der Waals surface area contributed by atoms with E-state index in [1.54, 1.807) is 6.92 Å². The van der Waals surface area contributed by atoms with Gasteiger partial charge in [-0.3, -0.25) is 4.79 Å². The highest BCUT2D eigenvalue weighted by atomic mass is 32.1. The van der Waals surface area contributed by atoms with Crippen LogP contribution >= 0.6 is 11.3 Å². The van der Waals surface area contributed by atoms with Crippen LogP contribution in [-0.2, 0) is 11.2 Å². The molecule has 0 fully saturated rings. The molecule has 6 heteroatoms. The van der Waals surface area contributed by atoms with E-state index >= 15 is 0 Å². The number of carbonyl (C=O) groups excluding carboxylic acids is 1. The highest BCUT2D eigenvalue weighted by molar-refractivity contribution is 7.13. The van der Waals surface area contributed by atoms with Crippen LogP contribution in [0.2, 0.25) is 0 Å². The van der Waals surface area contributed by atoms with Gasteiger partial charge in [-0.05, 0) is 38.8 Å². The predicted molar refractivity (Wildman–Crippen MR) is 90.0 cm³/mol. The maximum atomic E-state index is 12.2.